The highest BCUT2D eigenvalue weighted by Gasteiger charge is 2.13. The predicted octanol–water partition coefficient (Wildman–Crippen LogP) is 1.62. The van der Waals surface area contributed by atoms with Crippen molar-refractivity contribution in [3.8, 4) is 5.69 Å². The molecule has 0 bridgehead atoms. The fourth-order valence-corrected chi connectivity index (χ4v) is 2.05. The number of benzene rings is 1. The van der Waals surface area contributed by atoms with E-state index in [4.69, 9.17) is 0 Å². The summed E-state index contributed by atoms with van der Waals surface area (Å²) >= 11 is 2.16. The van der Waals surface area contributed by atoms with Crippen molar-refractivity contribution >= 4 is 28.6 Å². The number of hydrogen-bond acceptors (Lipinski definition) is 4. The van der Waals surface area contributed by atoms with E-state index in [-0.39, 0.29) is 5.69 Å². The average Bonchev–Trinajstić information content (AvgIpc) is 2.39. The zero-order valence-corrected chi connectivity index (χ0v) is 11.6. The number of halogens is 1. The number of carbonyl (C=O) groups excluding carboxylic acids is 1. The van der Waals surface area contributed by atoms with Gasteiger partial charge in [-0.15, -0.1) is 0 Å². The number of para-hydroxylation sites is 1. The van der Waals surface area contributed by atoms with Crippen LogP contribution in [-0.4, -0.2) is 22.9 Å². The van der Waals surface area contributed by atoms with Gasteiger partial charge in [0.05, 0.1) is 12.8 Å². The molecule has 18 heavy (non-hydrogen) atoms. The SMILES string of the molecule is COC(=O)c1nn(-c2ccccc2I)ccc1=O. The van der Waals surface area contributed by atoms with Crippen molar-refractivity contribution in [1.82, 2.24) is 9.78 Å². The number of rotatable bonds is 2. The molecule has 0 saturated heterocycles. The van der Waals surface area contributed by atoms with E-state index < -0.39 is 11.4 Å². The van der Waals surface area contributed by atoms with Gasteiger partial charge in [-0.25, -0.2) is 9.48 Å². The van der Waals surface area contributed by atoms with Crippen LogP contribution in [0.5, 0.6) is 0 Å². The first kappa shape index (κ1) is 12.7. The van der Waals surface area contributed by atoms with Crippen LogP contribution >= 0.6 is 22.6 Å². The summed E-state index contributed by atoms with van der Waals surface area (Å²) in [6.45, 7) is 0. The van der Waals surface area contributed by atoms with E-state index in [9.17, 15) is 9.59 Å². The van der Waals surface area contributed by atoms with Gasteiger partial charge in [-0.3, -0.25) is 4.79 Å². The van der Waals surface area contributed by atoms with Crippen LogP contribution in [-0.2, 0) is 4.74 Å². The molecule has 0 fully saturated rings. The van der Waals surface area contributed by atoms with Gasteiger partial charge >= 0.3 is 5.97 Å². The quantitative estimate of drug-likeness (QED) is 0.606. The molecule has 0 unspecified atom stereocenters. The topological polar surface area (TPSA) is 61.2 Å². The predicted molar refractivity (Wildman–Crippen MR) is 73.9 cm³/mol. The maximum Gasteiger partial charge on any atom is 0.362 e. The summed E-state index contributed by atoms with van der Waals surface area (Å²) in [5.74, 6) is -0.736. The van der Waals surface area contributed by atoms with Gasteiger partial charge in [0.1, 0.15) is 0 Å². The Morgan fingerprint density at radius 3 is 2.72 bits per heavy atom. The molecule has 0 spiro atoms. The van der Waals surface area contributed by atoms with Crippen molar-refractivity contribution in [2.75, 3.05) is 7.11 Å². The fourth-order valence-electron chi connectivity index (χ4n) is 1.42. The van der Waals surface area contributed by atoms with Crippen molar-refractivity contribution in [2.45, 2.75) is 0 Å². The maximum absolute atomic E-state index is 11.5. The molecule has 2 aromatic rings. The van der Waals surface area contributed by atoms with Crippen molar-refractivity contribution in [3.05, 3.63) is 56.0 Å². The van der Waals surface area contributed by atoms with Gasteiger partial charge in [0.15, 0.2) is 0 Å². The van der Waals surface area contributed by atoms with Crippen LogP contribution in [0.4, 0.5) is 0 Å². The minimum Gasteiger partial charge on any atom is -0.464 e. The number of hydrogen-bond donors (Lipinski definition) is 0. The van der Waals surface area contributed by atoms with Crippen molar-refractivity contribution in [3.63, 3.8) is 0 Å². The zero-order chi connectivity index (χ0) is 13.1. The number of esters is 1. The van der Waals surface area contributed by atoms with Crippen molar-refractivity contribution in [2.24, 2.45) is 0 Å². The van der Waals surface area contributed by atoms with Crippen LogP contribution in [0.25, 0.3) is 5.69 Å². The Labute approximate surface area is 117 Å². The Bertz CT molecular complexity index is 652. The summed E-state index contributed by atoms with van der Waals surface area (Å²) in [6.07, 6.45) is 1.52. The van der Waals surface area contributed by atoms with Gasteiger partial charge < -0.3 is 4.74 Å². The third-order valence-electron chi connectivity index (χ3n) is 2.29. The second-order valence-electron chi connectivity index (χ2n) is 3.42. The molecule has 0 aliphatic carbocycles. The molecule has 92 valence electrons. The maximum atomic E-state index is 11.5. The first-order valence-electron chi connectivity index (χ1n) is 5.06. The van der Waals surface area contributed by atoms with Gasteiger partial charge in [-0.2, -0.15) is 5.10 Å². The van der Waals surface area contributed by atoms with E-state index in [2.05, 4.69) is 32.4 Å². The van der Waals surface area contributed by atoms with Crippen molar-refractivity contribution in [1.29, 1.82) is 0 Å². The van der Waals surface area contributed by atoms with E-state index in [0.717, 1.165) is 9.26 Å². The molecular weight excluding hydrogens is 347 g/mol. The Kier molecular flexibility index (Phi) is 3.75. The smallest absolute Gasteiger partial charge is 0.362 e. The molecule has 0 aliphatic rings. The molecule has 2 rings (SSSR count). The van der Waals surface area contributed by atoms with Crippen LogP contribution in [0.15, 0.2) is 41.3 Å². The largest absolute Gasteiger partial charge is 0.464 e. The molecule has 1 aromatic carbocycles. The standard InChI is InChI=1S/C12H9IN2O3/c1-18-12(17)11-10(16)6-7-15(14-11)9-5-3-2-4-8(9)13/h2-7H,1H3. The summed E-state index contributed by atoms with van der Waals surface area (Å²) in [4.78, 5) is 22.9. The Morgan fingerprint density at radius 2 is 2.06 bits per heavy atom. The van der Waals surface area contributed by atoms with Crippen molar-refractivity contribution < 1.29 is 9.53 Å². The first-order chi connectivity index (χ1) is 8.63. The lowest BCUT2D eigenvalue weighted by molar-refractivity contribution is 0.0590. The number of nitrogens with zero attached hydrogens (tertiary/aromatic N) is 2. The van der Waals surface area contributed by atoms with Gasteiger partial charge in [0.25, 0.3) is 0 Å². The zero-order valence-electron chi connectivity index (χ0n) is 9.46. The molecular formula is C12H9IN2O3. The highest BCUT2D eigenvalue weighted by atomic mass is 127. The molecule has 0 saturated carbocycles. The second kappa shape index (κ2) is 5.30. The van der Waals surface area contributed by atoms with Crippen LogP contribution in [0.1, 0.15) is 10.5 Å². The first-order valence-corrected chi connectivity index (χ1v) is 6.14. The summed E-state index contributed by atoms with van der Waals surface area (Å²) in [7, 11) is 1.22. The summed E-state index contributed by atoms with van der Waals surface area (Å²) in [5.41, 5.74) is 0.118. The van der Waals surface area contributed by atoms with E-state index in [0.29, 0.717) is 0 Å². The monoisotopic (exact) mass is 356 g/mol. The van der Waals surface area contributed by atoms with Crippen LogP contribution in [0, 0.1) is 3.57 Å². The van der Waals surface area contributed by atoms with Gasteiger partial charge in [0, 0.05) is 15.8 Å². The van der Waals surface area contributed by atoms with Crippen LogP contribution in [0.2, 0.25) is 0 Å². The second-order valence-corrected chi connectivity index (χ2v) is 4.58. The van der Waals surface area contributed by atoms with Crippen LogP contribution < -0.4 is 5.43 Å². The molecule has 5 nitrogen and oxygen atoms in total. The average molecular weight is 356 g/mol. The fraction of sp³-hybridized carbons (Fsp3) is 0.0833. The summed E-state index contributed by atoms with van der Waals surface area (Å²) in [5, 5.41) is 4.00. The highest BCUT2D eigenvalue weighted by Crippen LogP contribution is 2.14. The Balaban J connectivity index is 2.58. The minimum absolute atomic E-state index is 0.223. The van der Waals surface area contributed by atoms with Gasteiger partial charge in [0.2, 0.25) is 11.1 Å². The molecule has 0 atom stereocenters. The molecule has 1 heterocycles. The normalized spacial score (nSPS) is 10.1. The molecule has 0 N–H and O–H groups in total. The van der Waals surface area contributed by atoms with Crippen LogP contribution in [0.3, 0.4) is 0 Å². The lowest BCUT2D eigenvalue weighted by atomic mass is 10.3. The van der Waals surface area contributed by atoms with E-state index >= 15 is 0 Å². The number of methoxy groups -OCH3 is 1. The van der Waals surface area contributed by atoms with Gasteiger partial charge in [-0.1, -0.05) is 12.1 Å². The van der Waals surface area contributed by atoms with E-state index in [1.165, 1.54) is 24.1 Å². The van der Waals surface area contributed by atoms with Gasteiger partial charge in [-0.05, 0) is 34.7 Å². The third-order valence-corrected chi connectivity index (χ3v) is 3.20. The summed E-state index contributed by atoms with van der Waals surface area (Å²) < 4.78 is 6.96. The third kappa shape index (κ3) is 2.42. The minimum atomic E-state index is -0.736. The Morgan fingerprint density at radius 1 is 1.33 bits per heavy atom. The Hall–Kier alpha value is -1.70. The number of carbonyl (C=O) groups is 1. The lowest BCUT2D eigenvalue weighted by Gasteiger charge is -2.08. The highest BCUT2D eigenvalue weighted by molar-refractivity contribution is 14.1. The summed E-state index contributed by atoms with van der Waals surface area (Å²) in [6, 6.07) is 8.81. The number of aromatic nitrogens is 2. The van der Waals surface area contributed by atoms with E-state index in [1.807, 2.05) is 24.3 Å². The van der Waals surface area contributed by atoms with E-state index in [1.54, 1.807) is 0 Å². The molecule has 6 heteroatoms. The molecule has 1 aromatic heterocycles. The molecule has 0 radical (unpaired) electrons. The molecule has 0 amide bonds. The molecule has 0 aliphatic heterocycles. The lowest BCUT2D eigenvalue weighted by Crippen LogP contribution is -2.21. The number of ether oxygens (including phenoxy) is 1.